The predicted molar refractivity (Wildman–Crippen MR) is 166 cm³/mol. The van der Waals surface area contributed by atoms with Crippen LogP contribution < -0.4 is 0 Å². The van der Waals surface area contributed by atoms with Gasteiger partial charge in [-0.05, 0) is 13.8 Å². The fourth-order valence-corrected chi connectivity index (χ4v) is 5.26. The molecule has 0 N–H and O–H groups in total. The molecule has 0 heterocycles. The van der Waals surface area contributed by atoms with Crippen LogP contribution >= 0.6 is 0 Å². The molecule has 0 spiro atoms. The average Bonchev–Trinajstić information content (AvgIpc) is 3.11. The first-order valence-corrected chi connectivity index (χ1v) is 17.3. The number of rotatable bonds is 20. The van der Waals surface area contributed by atoms with E-state index in [0.717, 1.165) is 0 Å². The third kappa shape index (κ3) is 11.7. The van der Waals surface area contributed by atoms with Gasteiger partial charge in [-0.1, -0.05) is 37.4 Å². The third-order valence-electron chi connectivity index (χ3n) is 8.90. The van der Waals surface area contributed by atoms with Gasteiger partial charge >= 0.3 is 84.5 Å². The van der Waals surface area contributed by atoms with Crippen LogP contribution in [0.2, 0.25) is 0 Å². The zero-order valence-corrected chi connectivity index (χ0v) is 33.5. The van der Waals surface area contributed by atoms with E-state index in [1.165, 1.54) is 0 Å². The maximum atomic E-state index is 14.5. The van der Waals surface area contributed by atoms with Crippen molar-refractivity contribution >= 4 is 11.9 Å². The number of esters is 2. The molecule has 0 aromatic heterocycles. The highest BCUT2D eigenvalue weighted by Crippen LogP contribution is 2.59. The molecule has 0 saturated carbocycles. The first-order valence-electron chi connectivity index (χ1n) is 17.3. The quantitative estimate of drug-likeness (QED) is 0.0736. The molecule has 1 aromatic carbocycles. The number of hydrogen-bond donors (Lipinski definition) is 0. The van der Waals surface area contributed by atoms with E-state index >= 15 is 0 Å². The van der Waals surface area contributed by atoms with E-state index in [1.807, 2.05) is 0 Å². The standard InChI is InChI=1S/C34H24F30O6/c1-13(2)19(65)69-17(9-21(35,36)25(39,40)27(43,44)33(59,60)61)11-67-23(29(47,48)49,30(50,51)52)15-5-7-16(8-6-15)24(31(53,54)55,32(56,57)58)68-12-18(70-20(66)14(3)4)10-22(37,38)26(41,42)28(45,46)34(62,63)64/h5-8,17-18H,1,3,9-12H2,2,4H3. The lowest BCUT2D eigenvalue weighted by Gasteiger charge is -2.40. The largest absolute Gasteiger partial charge is 0.460 e. The molecule has 0 amide bonds. The minimum atomic E-state index is -7.80. The Morgan fingerprint density at radius 1 is 0.400 bits per heavy atom. The highest BCUT2D eigenvalue weighted by atomic mass is 19.5. The van der Waals surface area contributed by atoms with Gasteiger partial charge in [0.15, 0.2) is 0 Å². The van der Waals surface area contributed by atoms with E-state index in [2.05, 4.69) is 32.1 Å². The van der Waals surface area contributed by atoms with Crippen molar-refractivity contribution in [3.8, 4) is 0 Å². The number of benzene rings is 1. The fourth-order valence-electron chi connectivity index (χ4n) is 5.26. The van der Waals surface area contributed by atoms with Gasteiger partial charge in [0.25, 0.3) is 11.2 Å². The van der Waals surface area contributed by atoms with E-state index in [1.54, 1.807) is 0 Å². The number of halogens is 30. The molecule has 1 aromatic rings. The molecule has 0 fully saturated rings. The van der Waals surface area contributed by atoms with Gasteiger partial charge in [-0.25, -0.2) is 9.59 Å². The van der Waals surface area contributed by atoms with Gasteiger partial charge in [0.2, 0.25) is 0 Å². The molecule has 0 saturated heterocycles. The second kappa shape index (κ2) is 19.5. The molecule has 406 valence electrons. The van der Waals surface area contributed by atoms with E-state index in [-0.39, 0.29) is 0 Å². The summed E-state index contributed by atoms with van der Waals surface area (Å²) in [6, 6.07) is -4.44. The van der Waals surface area contributed by atoms with E-state index in [9.17, 15) is 141 Å². The van der Waals surface area contributed by atoms with Crippen LogP contribution in [-0.2, 0) is 39.7 Å². The first-order chi connectivity index (χ1) is 30.5. The molecular weight excluding hydrogens is 1070 g/mol. The summed E-state index contributed by atoms with van der Waals surface area (Å²) in [6.07, 6.45) is -59.7. The summed E-state index contributed by atoms with van der Waals surface area (Å²) < 4.78 is 433. The summed E-state index contributed by atoms with van der Waals surface area (Å²) in [5, 5.41) is 0. The molecule has 36 heteroatoms. The minimum absolute atomic E-state index is 0.455. The highest BCUT2D eigenvalue weighted by Gasteiger charge is 2.83. The molecule has 1 rings (SSSR count). The van der Waals surface area contributed by atoms with Crippen molar-refractivity contribution in [1.82, 2.24) is 0 Å². The molecular formula is C34H24F30O6. The lowest BCUT2D eigenvalue weighted by Crippen LogP contribution is -2.62. The molecule has 0 aliphatic rings. The van der Waals surface area contributed by atoms with Crippen LogP contribution in [-0.4, -0.2) is 110 Å². The van der Waals surface area contributed by atoms with Crippen LogP contribution in [0.3, 0.4) is 0 Å². The number of carbonyl (C=O) groups excluding carboxylic acids is 2. The van der Waals surface area contributed by atoms with Gasteiger partial charge in [0, 0.05) is 22.3 Å². The van der Waals surface area contributed by atoms with Crippen LogP contribution in [0.25, 0.3) is 0 Å². The normalized spacial score (nSPS) is 15.9. The van der Waals surface area contributed by atoms with Crippen LogP contribution in [0.1, 0.15) is 37.8 Å². The van der Waals surface area contributed by atoms with E-state index < -0.39 is 181 Å². The summed E-state index contributed by atoms with van der Waals surface area (Å²) in [6.45, 7) is -0.0103. The average molecular weight is 1100 g/mol. The molecule has 0 radical (unpaired) electrons. The Hall–Kier alpha value is -4.54. The zero-order chi connectivity index (χ0) is 56.1. The smallest absolute Gasteiger partial charge is 0.456 e. The van der Waals surface area contributed by atoms with Gasteiger partial charge in [0.1, 0.15) is 12.2 Å². The second-order valence-corrected chi connectivity index (χ2v) is 14.3. The molecule has 0 bridgehead atoms. The molecule has 2 unspecified atom stereocenters. The first kappa shape index (κ1) is 63.5. The van der Waals surface area contributed by atoms with Crippen molar-refractivity contribution in [3.63, 3.8) is 0 Å². The Morgan fingerprint density at radius 2 is 0.614 bits per heavy atom. The maximum Gasteiger partial charge on any atom is 0.460 e. The number of alkyl halides is 30. The van der Waals surface area contributed by atoms with Crippen LogP contribution in [0.4, 0.5) is 132 Å². The topological polar surface area (TPSA) is 71.1 Å². The second-order valence-electron chi connectivity index (χ2n) is 14.3. The third-order valence-corrected chi connectivity index (χ3v) is 8.90. The van der Waals surface area contributed by atoms with Crippen molar-refractivity contribution in [1.29, 1.82) is 0 Å². The van der Waals surface area contributed by atoms with Gasteiger partial charge < -0.3 is 18.9 Å². The summed E-state index contributed by atoms with van der Waals surface area (Å²) in [4.78, 5) is 23.9. The summed E-state index contributed by atoms with van der Waals surface area (Å²) in [5.74, 6) is -49.7. The summed E-state index contributed by atoms with van der Waals surface area (Å²) in [5.41, 5.74) is -21.1. The summed E-state index contributed by atoms with van der Waals surface area (Å²) >= 11 is 0. The monoisotopic (exact) mass is 1100 g/mol. The Balaban J connectivity index is 4.20. The molecule has 0 aliphatic carbocycles. The van der Waals surface area contributed by atoms with Gasteiger partial charge in [-0.15, -0.1) is 0 Å². The Kier molecular flexibility index (Phi) is 17.7. The highest BCUT2D eigenvalue weighted by molar-refractivity contribution is 5.87. The zero-order valence-electron chi connectivity index (χ0n) is 33.5. The van der Waals surface area contributed by atoms with Crippen LogP contribution in [0.15, 0.2) is 48.6 Å². The Bertz CT molecular complexity index is 1850. The molecule has 6 nitrogen and oxygen atoms in total. The predicted octanol–water partition coefficient (Wildman–Crippen LogP) is 13.1. The molecule has 0 aliphatic heterocycles. The van der Waals surface area contributed by atoms with Crippen LogP contribution in [0.5, 0.6) is 0 Å². The SMILES string of the molecule is C=C(C)C(=O)OC(COC(c1ccc(C(OCC(CC(F)(F)C(F)(F)C(F)(F)C(F)(F)F)OC(=O)C(=C)C)(C(F)(F)F)C(F)(F)F)cc1)(C(F)(F)F)C(F)(F)F)CC(F)(F)C(F)(F)C(F)(F)C(F)(F)F. The van der Waals surface area contributed by atoms with Gasteiger partial charge in [-0.3, -0.25) is 0 Å². The Labute approximate surface area is 368 Å². The van der Waals surface area contributed by atoms with Crippen molar-refractivity contribution in [2.75, 3.05) is 13.2 Å². The van der Waals surface area contributed by atoms with Crippen molar-refractivity contribution in [2.45, 2.75) is 123 Å². The summed E-state index contributed by atoms with van der Waals surface area (Å²) in [7, 11) is 0. The van der Waals surface area contributed by atoms with E-state index in [0.29, 0.717) is 13.8 Å². The number of hydrogen-bond acceptors (Lipinski definition) is 6. The molecule has 70 heavy (non-hydrogen) atoms. The Morgan fingerprint density at radius 3 is 0.786 bits per heavy atom. The lowest BCUT2D eigenvalue weighted by atomic mass is 9.86. The van der Waals surface area contributed by atoms with Gasteiger partial charge in [0.05, 0.1) is 26.1 Å². The van der Waals surface area contributed by atoms with E-state index in [4.69, 9.17) is 0 Å². The van der Waals surface area contributed by atoms with Gasteiger partial charge in [-0.2, -0.15) is 132 Å². The van der Waals surface area contributed by atoms with Crippen molar-refractivity contribution < 1.29 is 160 Å². The molecule has 2 atom stereocenters. The van der Waals surface area contributed by atoms with Crippen LogP contribution in [0, 0.1) is 0 Å². The minimum Gasteiger partial charge on any atom is -0.456 e. The number of ether oxygens (including phenoxy) is 4. The fraction of sp³-hybridized carbons (Fsp3) is 0.647. The number of carbonyl (C=O) groups is 2. The maximum absolute atomic E-state index is 14.5. The lowest BCUT2D eigenvalue weighted by molar-refractivity contribution is -0.403. The van der Waals surface area contributed by atoms with Crippen molar-refractivity contribution in [3.05, 3.63) is 59.7 Å². The van der Waals surface area contributed by atoms with Crippen molar-refractivity contribution in [2.24, 2.45) is 0 Å².